The number of amides is 5. The highest BCUT2D eigenvalue weighted by Crippen LogP contribution is 2.38. The molecule has 0 aliphatic rings. The van der Waals surface area contributed by atoms with Crippen LogP contribution in [-0.4, -0.2) is 57.5 Å². The largest absolute Gasteiger partial charge is 0.454 e. The van der Waals surface area contributed by atoms with Crippen molar-refractivity contribution in [3.63, 3.8) is 0 Å². The number of rotatable bonds is 15. The molecule has 5 amide bonds. The van der Waals surface area contributed by atoms with Crippen LogP contribution in [0.25, 0.3) is 22.5 Å². The van der Waals surface area contributed by atoms with E-state index in [4.69, 9.17) is 20.5 Å². The van der Waals surface area contributed by atoms with Crippen molar-refractivity contribution in [1.82, 2.24) is 39.5 Å². The summed E-state index contributed by atoms with van der Waals surface area (Å²) < 4.78 is 81.3. The number of anilines is 4. The number of benzene rings is 2. The Labute approximate surface area is 413 Å². The molecule has 0 aliphatic heterocycles. The average Bonchev–Trinajstić information content (AvgIpc) is 4.05. The maximum atomic E-state index is 17.0. The number of hydrogen-bond donors (Lipinski definition) is 3. The summed E-state index contributed by atoms with van der Waals surface area (Å²) in [7, 11) is 0. The summed E-state index contributed by atoms with van der Waals surface area (Å²) >= 11 is 0. The maximum absolute atomic E-state index is 17.0. The lowest BCUT2D eigenvalue weighted by Gasteiger charge is -2.35. The number of nitrogens with two attached hydrogens (primary N) is 1. The summed E-state index contributed by atoms with van der Waals surface area (Å²) in [5.41, 5.74) is 6.24. The number of carbonyl (C=O) groups is 3. The Morgan fingerprint density at radius 1 is 0.644 bits per heavy atom. The van der Waals surface area contributed by atoms with Crippen molar-refractivity contribution in [2.75, 3.05) is 20.7 Å². The quantitative estimate of drug-likeness (QED) is 0.0642. The Kier molecular flexibility index (Phi) is 14.6. The second-order valence-electron chi connectivity index (χ2n) is 16.7. The monoisotopic (exact) mass is 994 g/mol. The number of aromatic nitrogens is 8. The highest BCUT2D eigenvalue weighted by molar-refractivity contribution is 6.13. The van der Waals surface area contributed by atoms with E-state index < -0.39 is 64.1 Å². The molecule has 0 spiro atoms. The second kappa shape index (κ2) is 21.5. The average molecular weight is 995 g/mol. The number of primary amides is 1. The molecular weight excluding hydrogens is 953 g/mol. The number of ether oxygens (including phenoxy) is 2. The number of hydrogen-bond acceptors (Lipinski definition) is 12. The van der Waals surface area contributed by atoms with Crippen LogP contribution in [0.4, 0.5) is 49.9 Å². The van der Waals surface area contributed by atoms with Crippen molar-refractivity contribution in [3.05, 3.63) is 157 Å². The van der Waals surface area contributed by atoms with Crippen molar-refractivity contribution in [3.8, 4) is 51.6 Å². The van der Waals surface area contributed by atoms with E-state index in [0.29, 0.717) is 27.9 Å². The van der Waals surface area contributed by atoms with Gasteiger partial charge < -0.3 is 25.8 Å². The van der Waals surface area contributed by atoms with E-state index in [-0.39, 0.29) is 63.5 Å². The summed E-state index contributed by atoms with van der Waals surface area (Å²) in [4.78, 5) is 57.9. The first-order chi connectivity index (χ1) is 35.1. The number of urea groups is 2. The zero-order valence-electron chi connectivity index (χ0n) is 39.2. The predicted octanol–water partition coefficient (Wildman–Crippen LogP) is 10.1. The van der Waals surface area contributed by atoms with Crippen LogP contribution in [0, 0.1) is 34.6 Å². The van der Waals surface area contributed by atoms with Gasteiger partial charge in [-0.3, -0.25) is 34.1 Å². The Balaban J connectivity index is 1.22. The van der Waals surface area contributed by atoms with Gasteiger partial charge in [0.15, 0.2) is 23.1 Å². The van der Waals surface area contributed by atoms with E-state index >= 15 is 17.6 Å². The minimum Gasteiger partial charge on any atom is -0.454 e. The zero-order chi connectivity index (χ0) is 51.9. The van der Waals surface area contributed by atoms with Gasteiger partial charge in [-0.15, -0.1) is 0 Å². The summed E-state index contributed by atoms with van der Waals surface area (Å²) in [6.45, 7) is 7.23. The third kappa shape index (κ3) is 11.3. The van der Waals surface area contributed by atoms with Crippen LogP contribution < -0.4 is 35.9 Å². The minimum absolute atomic E-state index is 0.00591. The van der Waals surface area contributed by atoms with Crippen LogP contribution in [0.2, 0.25) is 0 Å². The first-order valence-electron chi connectivity index (χ1n) is 22.1. The molecule has 8 rings (SSSR count). The zero-order valence-corrected chi connectivity index (χ0v) is 39.2. The molecule has 73 heavy (non-hydrogen) atoms. The summed E-state index contributed by atoms with van der Waals surface area (Å²) in [6.07, 6.45) is 14.2. The van der Waals surface area contributed by atoms with E-state index in [2.05, 4.69) is 40.8 Å². The van der Waals surface area contributed by atoms with Crippen LogP contribution in [-0.2, 0) is 17.9 Å². The van der Waals surface area contributed by atoms with Crippen LogP contribution in [0.3, 0.4) is 0 Å². The van der Waals surface area contributed by atoms with Gasteiger partial charge in [0.2, 0.25) is 17.5 Å². The molecule has 6 heterocycles. The molecule has 0 unspecified atom stereocenters. The molecule has 0 fully saturated rings. The van der Waals surface area contributed by atoms with Crippen molar-refractivity contribution >= 4 is 40.7 Å². The third-order valence-electron chi connectivity index (χ3n) is 10.8. The van der Waals surface area contributed by atoms with Gasteiger partial charge in [-0.25, -0.2) is 18.4 Å². The summed E-state index contributed by atoms with van der Waals surface area (Å²) in [5.74, 6) is -9.06. The molecular formula is C50H42F4N14O5. The van der Waals surface area contributed by atoms with Gasteiger partial charge in [0.25, 0.3) is 0 Å². The Hall–Kier alpha value is -9.72. The molecule has 23 heteroatoms. The molecule has 0 saturated heterocycles. The van der Waals surface area contributed by atoms with E-state index in [0.717, 1.165) is 24.3 Å². The number of nitriles is 1. The highest BCUT2D eigenvalue weighted by atomic mass is 19.2. The molecule has 0 aliphatic carbocycles. The fourth-order valence-corrected chi connectivity index (χ4v) is 7.10. The standard InChI is InChI=1S/C50H42F4N14O5/c1-28(2)30-15-34(23-57-19-30)63-49(70)67(40-5-7-42(47(53)45(40)51)72-36-9-12-59-38(17-36)32-21-61-65(25-32)14-11-55)68(50(71)64-35-16-31(29(3)4)20-58-24-35)41-6-8-43(48(54)46(41)52)73-37-10-13-60-39(18-37)33-22-62-66(26-33)27-44(56)69/h5-10,12-13,15-26,28-29H,14,27H2,1-4H3,(H2,56,69)(H,63,70)(H,64,71). The predicted molar refractivity (Wildman–Crippen MR) is 258 cm³/mol. The molecule has 0 atom stereocenters. The van der Waals surface area contributed by atoms with Crippen molar-refractivity contribution in [1.29, 1.82) is 5.26 Å². The lowest BCUT2D eigenvalue weighted by Crippen LogP contribution is -2.54. The number of halogens is 4. The molecule has 0 radical (unpaired) electrons. The molecule has 0 bridgehead atoms. The lowest BCUT2D eigenvalue weighted by molar-refractivity contribution is -0.118. The van der Waals surface area contributed by atoms with Gasteiger partial charge >= 0.3 is 12.1 Å². The molecule has 0 saturated carbocycles. The van der Waals surface area contributed by atoms with E-state index in [1.807, 2.05) is 33.8 Å². The fourth-order valence-electron chi connectivity index (χ4n) is 7.10. The van der Waals surface area contributed by atoms with Gasteiger partial charge in [0.1, 0.15) is 36.0 Å². The van der Waals surface area contributed by atoms with E-state index in [1.54, 1.807) is 30.7 Å². The SMILES string of the molecule is CC(C)c1cncc(NC(=O)N(c2ccc(Oc3ccnc(-c4cnn(CC#N)c4)c3)c(F)c2F)N(C(=O)Nc2cncc(C(C)C)c2)c2ccc(Oc3ccnc(-c4cnn(CC(N)=O)c4)c3)c(F)c2F)c1. The normalized spacial score (nSPS) is 11.0. The summed E-state index contributed by atoms with van der Waals surface area (Å²) in [5, 5.41) is 22.9. The van der Waals surface area contributed by atoms with Gasteiger partial charge in [-0.05, 0) is 71.5 Å². The van der Waals surface area contributed by atoms with Gasteiger partial charge in [-0.2, -0.15) is 34.3 Å². The first kappa shape index (κ1) is 49.7. The topological polar surface area (TPSA) is 237 Å². The molecule has 4 N–H and O–H groups in total. The van der Waals surface area contributed by atoms with Crippen LogP contribution in [0.5, 0.6) is 23.0 Å². The molecule has 19 nitrogen and oxygen atoms in total. The Morgan fingerprint density at radius 3 is 1.53 bits per heavy atom. The van der Waals surface area contributed by atoms with Crippen molar-refractivity contribution in [2.24, 2.45) is 5.73 Å². The third-order valence-corrected chi connectivity index (χ3v) is 10.8. The molecule has 2 aromatic carbocycles. The van der Waals surface area contributed by atoms with E-state index in [1.165, 1.54) is 77.0 Å². The minimum atomic E-state index is -1.77. The van der Waals surface area contributed by atoms with Crippen molar-refractivity contribution < 1.29 is 41.4 Å². The van der Waals surface area contributed by atoms with Gasteiger partial charge in [-0.1, -0.05) is 27.7 Å². The van der Waals surface area contributed by atoms with Crippen molar-refractivity contribution in [2.45, 2.75) is 52.6 Å². The number of pyridine rings is 4. The second-order valence-corrected chi connectivity index (χ2v) is 16.7. The van der Waals surface area contributed by atoms with Crippen LogP contribution in [0.1, 0.15) is 50.7 Å². The Morgan fingerprint density at radius 2 is 1.10 bits per heavy atom. The summed E-state index contributed by atoms with van der Waals surface area (Å²) in [6, 6.07) is 11.6. The van der Waals surface area contributed by atoms with Crippen LogP contribution >= 0.6 is 0 Å². The first-order valence-corrected chi connectivity index (χ1v) is 22.1. The Bertz CT molecular complexity index is 3410. The smallest absolute Gasteiger partial charge is 0.346 e. The van der Waals surface area contributed by atoms with Gasteiger partial charge in [0, 0.05) is 60.4 Å². The highest BCUT2D eigenvalue weighted by Gasteiger charge is 2.37. The number of nitrogens with one attached hydrogen (secondary N) is 2. The van der Waals surface area contributed by atoms with Gasteiger partial charge in [0.05, 0.1) is 53.6 Å². The molecule has 8 aromatic rings. The molecule has 370 valence electrons. The van der Waals surface area contributed by atoms with E-state index in [9.17, 15) is 14.4 Å². The fraction of sp³-hybridized carbons (Fsp3) is 0.160. The number of hydrazine groups is 1. The lowest BCUT2D eigenvalue weighted by atomic mass is 10.1. The maximum Gasteiger partial charge on any atom is 0.346 e. The number of carbonyl (C=O) groups excluding carboxylic acids is 3. The van der Waals surface area contributed by atoms with Crippen LogP contribution in [0.15, 0.2) is 123 Å². The number of nitrogens with zero attached hydrogens (tertiary/aromatic N) is 11. The molecule has 6 aromatic heterocycles.